The molecular formula is C19H28IN5. The van der Waals surface area contributed by atoms with Crippen molar-refractivity contribution in [1.82, 2.24) is 20.0 Å². The number of benzene rings is 1. The fraction of sp³-hybridized carbons (Fsp3) is 0.474. The molecule has 1 aromatic carbocycles. The molecule has 1 aromatic heterocycles. The van der Waals surface area contributed by atoms with Crippen LogP contribution in [0.4, 0.5) is 0 Å². The number of aliphatic imine (C=N–C) groups is 1. The quantitative estimate of drug-likeness (QED) is 0.437. The summed E-state index contributed by atoms with van der Waals surface area (Å²) < 4.78 is 1.86. The molecule has 5 nitrogen and oxygen atoms in total. The van der Waals surface area contributed by atoms with Crippen molar-refractivity contribution in [3.63, 3.8) is 0 Å². The van der Waals surface area contributed by atoms with Crippen LogP contribution in [-0.4, -0.2) is 40.3 Å². The second-order valence-electron chi connectivity index (χ2n) is 7.12. The molecule has 25 heavy (non-hydrogen) atoms. The van der Waals surface area contributed by atoms with Crippen molar-refractivity contribution < 1.29 is 0 Å². The molecule has 1 aliphatic heterocycles. The van der Waals surface area contributed by atoms with Gasteiger partial charge in [0.15, 0.2) is 5.96 Å². The van der Waals surface area contributed by atoms with E-state index in [-0.39, 0.29) is 24.0 Å². The van der Waals surface area contributed by atoms with Gasteiger partial charge in [0.2, 0.25) is 0 Å². The van der Waals surface area contributed by atoms with E-state index in [0.29, 0.717) is 12.0 Å². The molecule has 0 aliphatic carbocycles. The number of hydrogen-bond donors (Lipinski definition) is 1. The van der Waals surface area contributed by atoms with Gasteiger partial charge in [0, 0.05) is 32.0 Å². The molecule has 0 amide bonds. The van der Waals surface area contributed by atoms with Crippen molar-refractivity contribution in [2.45, 2.75) is 33.7 Å². The Morgan fingerprint density at radius 3 is 2.60 bits per heavy atom. The lowest BCUT2D eigenvalue weighted by Gasteiger charge is -2.23. The SMILES string of the molecule is CCNC(=NCc1ccc(-n2cccn2)cc1)N1CCC(C)(C)C1.I. The Morgan fingerprint density at radius 1 is 1.28 bits per heavy atom. The Labute approximate surface area is 167 Å². The van der Waals surface area contributed by atoms with Gasteiger partial charge in [-0.3, -0.25) is 0 Å². The van der Waals surface area contributed by atoms with E-state index in [1.54, 1.807) is 6.20 Å². The highest BCUT2D eigenvalue weighted by atomic mass is 127. The van der Waals surface area contributed by atoms with E-state index < -0.39 is 0 Å². The highest BCUT2D eigenvalue weighted by Crippen LogP contribution is 2.28. The Balaban J connectivity index is 0.00000225. The molecule has 1 N–H and O–H groups in total. The van der Waals surface area contributed by atoms with Gasteiger partial charge in [-0.15, -0.1) is 24.0 Å². The molecule has 3 rings (SSSR count). The van der Waals surface area contributed by atoms with Crippen molar-refractivity contribution in [1.29, 1.82) is 0 Å². The van der Waals surface area contributed by atoms with Crippen LogP contribution in [-0.2, 0) is 6.54 Å². The van der Waals surface area contributed by atoms with Gasteiger partial charge in [-0.1, -0.05) is 26.0 Å². The summed E-state index contributed by atoms with van der Waals surface area (Å²) in [7, 11) is 0. The van der Waals surface area contributed by atoms with E-state index in [0.717, 1.165) is 31.3 Å². The van der Waals surface area contributed by atoms with E-state index in [1.807, 2.05) is 16.9 Å². The fourth-order valence-corrected chi connectivity index (χ4v) is 3.06. The van der Waals surface area contributed by atoms with E-state index in [1.165, 1.54) is 12.0 Å². The number of nitrogens with one attached hydrogen (secondary N) is 1. The first-order valence-electron chi connectivity index (χ1n) is 8.70. The van der Waals surface area contributed by atoms with Crippen molar-refractivity contribution in [2.24, 2.45) is 10.4 Å². The van der Waals surface area contributed by atoms with E-state index >= 15 is 0 Å². The Bertz CT molecular complexity index is 676. The third kappa shape index (κ3) is 5.20. The lowest BCUT2D eigenvalue weighted by molar-refractivity contribution is 0.370. The average Bonchev–Trinajstić information content (AvgIpc) is 3.21. The van der Waals surface area contributed by atoms with E-state index in [2.05, 4.69) is 60.4 Å². The number of likely N-dealkylation sites (tertiary alicyclic amines) is 1. The highest BCUT2D eigenvalue weighted by molar-refractivity contribution is 14.0. The molecule has 0 saturated carbocycles. The molecule has 1 saturated heterocycles. The lowest BCUT2D eigenvalue weighted by Crippen LogP contribution is -2.40. The summed E-state index contributed by atoms with van der Waals surface area (Å²) in [4.78, 5) is 7.21. The molecule has 136 valence electrons. The number of guanidine groups is 1. The molecule has 0 spiro atoms. The summed E-state index contributed by atoms with van der Waals surface area (Å²) in [6.07, 6.45) is 4.96. The van der Waals surface area contributed by atoms with Crippen LogP contribution in [0, 0.1) is 5.41 Å². The molecular weight excluding hydrogens is 425 g/mol. The van der Waals surface area contributed by atoms with Gasteiger partial charge in [-0.2, -0.15) is 5.10 Å². The Kier molecular flexibility index (Phi) is 6.87. The first-order chi connectivity index (χ1) is 11.6. The smallest absolute Gasteiger partial charge is 0.194 e. The normalized spacial score (nSPS) is 16.6. The monoisotopic (exact) mass is 453 g/mol. The second kappa shape index (κ2) is 8.69. The topological polar surface area (TPSA) is 45.5 Å². The standard InChI is InChI=1S/C19H27N5.HI/c1-4-20-18(23-13-10-19(2,3)15-23)21-14-16-6-8-17(9-7-16)24-12-5-11-22-24;/h5-9,11-12H,4,10,13-15H2,1-3H3,(H,20,21);1H. The molecule has 6 heteroatoms. The van der Waals surface area contributed by atoms with Gasteiger partial charge >= 0.3 is 0 Å². The molecule has 2 heterocycles. The van der Waals surface area contributed by atoms with Crippen molar-refractivity contribution >= 4 is 29.9 Å². The van der Waals surface area contributed by atoms with Crippen molar-refractivity contribution in [3.8, 4) is 5.69 Å². The highest BCUT2D eigenvalue weighted by Gasteiger charge is 2.30. The third-order valence-electron chi connectivity index (χ3n) is 4.43. The summed E-state index contributed by atoms with van der Waals surface area (Å²) >= 11 is 0. The number of rotatable bonds is 4. The van der Waals surface area contributed by atoms with Crippen LogP contribution in [0.25, 0.3) is 5.69 Å². The van der Waals surface area contributed by atoms with Gasteiger partial charge in [0.1, 0.15) is 0 Å². The van der Waals surface area contributed by atoms with Crippen molar-refractivity contribution in [3.05, 3.63) is 48.3 Å². The third-order valence-corrected chi connectivity index (χ3v) is 4.43. The average molecular weight is 453 g/mol. The summed E-state index contributed by atoms with van der Waals surface area (Å²) in [5, 5.41) is 7.68. The zero-order valence-electron chi connectivity index (χ0n) is 15.3. The summed E-state index contributed by atoms with van der Waals surface area (Å²) in [5.41, 5.74) is 2.66. The fourth-order valence-electron chi connectivity index (χ4n) is 3.06. The maximum atomic E-state index is 4.83. The van der Waals surface area contributed by atoms with Crippen LogP contribution in [0.1, 0.15) is 32.8 Å². The number of nitrogens with zero attached hydrogens (tertiary/aromatic N) is 4. The molecule has 2 aromatic rings. The predicted molar refractivity (Wildman–Crippen MR) is 114 cm³/mol. The van der Waals surface area contributed by atoms with Crippen molar-refractivity contribution in [2.75, 3.05) is 19.6 Å². The molecule has 0 radical (unpaired) electrons. The van der Waals surface area contributed by atoms with E-state index in [4.69, 9.17) is 4.99 Å². The van der Waals surface area contributed by atoms with Gasteiger partial charge in [0.05, 0.1) is 12.2 Å². The minimum absolute atomic E-state index is 0. The number of hydrogen-bond acceptors (Lipinski definition) is 2. The van der Waals surface area contributed by atoms with Gasteiger partial charge < -0.3 is 10.2 Å². The molecule has 0 bridgehead atoms. The molecule has 0 unspecified atom stereocenters. The first kappa shape index (κ1) is 19.8. The van der Waals surface area contributed by atoms with Crippen LogP contribution in [0.15, 0.2) is 47.7 Å². The molecule has 0 atom stereocenters. The van der Waals surface area contributed by atoms with Crippen LogP contribution in [0.3, 0.4) is 0 Å². The summed E-state index contributed by atoms with van der Waals surface area (Å²) in [5.74, 6) is 1.03. The van der Waals surface area contributed by atoms with Crippen LogP contribution >= 0.6 is 24.0 Å². The van der Waals surface area contributed by atoms with E-state index in [9.17, 15) is 0 Å². The summed E-state index contributed by atoms with van der Waals surface area (Å²) in [6.45, 7) is 10.5. The van der Waals surface area contributed by atoms with Crippen LogP contribution in [0.2, 0.25) is 0 Å². The van der Waals surface area contributed by atoms with Crippen LogP contribution < -0.4 is 5.32 Å². The maximum absolute atomic E-state index is 4.83. The number of halogens is 1. The summed E-state index contributed by atoms with van der Waals surface area (Å²) in [6, 6.07) is 10.3. The van der Waals surface area contributed by atoms with Gasteiger partial charge in [-0.05, 0) is 42.5 Å². The minimum Gasteiger partial charge on any atom is -0.357 e. The molecule has 1 aliphatic rings. The lowest BCUT2D eigenvalue weighted by atomic mass is 9.93. The zero-order valence-corrected chi connectivity index (χ0v) is 17.6. The predicted octanol–water partition coefficient (Wildman–Crippen LogP) is 3.69. The molecule has 1 fully saturated rings. The van der Waals surface area contributed by atoms with Crippen LogP contribution in [0.5, 0.6) is 0 Å². The Hall–Kier alpha value is -1.57. The second-order valence-corrected chi connectivity index (χ2v) is 7.12. The minimum atomic E-state index is 0. The Morgan fingerprint density at radius 2 is 2.04 bits per heavy atom. The largest absolute Gasteiger partial charge is 0.357 e. The first-order valence-corrected chi connectivity index (χ1v) is 8.70. The zero-order chi connectivity index (χ0) is 17.0. The number of aromatic nitrogens is 2. The van der Waals surface area contributed by atoms with Gasteiger partial charge in [-0.25, -0.2) is 9.67 Å². The van der Waals surface area contributed by atoms with Gasteiger partial charge in [0.25, 0.3) is 0 Å². The maximum Gasteiger partial charge on any atom is 0.194 e.